The van der Waals surface area contributed by atoms with Crippen molar-refractivity contribution in [2.24, 2.45) is 0 Å². The van der Waals surface area contributed by atoms with Crippen LogP contribution in [0.1, 0.15) is 83.1 Å². The van der Waals surface area contributed by atoms with Gasteiger partial charge in [0.1, 0.15) is 22.3 Å². The minimum Gasteiger partial charge on any atom is -0.456 e. The van der Waals surface area contributed by atoms with Gasteiger partial charge in [-0.15, -0.1) is 0 Å². The van der Waals surface area contributed by atoms with E-state index in [2.05, 4.69) is 27.7 Å². The summed E-state index contributed by atoms with van der Waals surface area (Å²) >= 11 is 0. The first-order chi connectivity index (χ1) is 27.0. The minimum absolute atomic E-state index is 0.0347. The van der Waals surface area contributed by atoms with Crippen LogP contribution in [0, 0.1) is 0 Å². The monoisotopic (exact) mass is 788 g/mol. The van der Waals surface area contributed by atoms with E-state index in [1.807, 2.05) is 135 Å². The summed E-state index contributed by atoms with van der Waals surface area (Å²) in [6.45, 7) is 26.3. The summed E-state index contributed by atoms with van der Waals surface area (Å²) < 4.78 is 46.2. The van der Waals surface area contributed by atoms with E-state index in [9.17, 15) is 9.59 Å². The van der Waals surface area contributed by atoms with Gasteiger partial charge < -0.3 is 36.8 Å². The zero-order chi connectivity index (χ0) is 42.5. The summed E-state index contributed by atoms with van der Waals surface area (Å²) in [5.74, 6) is 0. The second-order valence-corrected chi connectivity index (χ2v) is 17.9. The fourth-order valence-corrected chi connectivity index (χ4v) is 6.64. The van der Waals surface area contributed by atoms with Gasteiger partial charge in [0.2, 0.25) is 10.9 Å². The normalized spacial score (nSPS) is 20.6. The van der Waals surface area contributed by atoms with Gasteiger partial charge in [-0.2, -0.15) is 0 Å². The smallest absolute Gasteiger partial charge is 0.456 e. The highest BCUT2D eigenvalue weighted by Crippen LogP contribution is 2.43. The maximum atomic E-state index is 12.0. The van der Waals surface area contributed by atoms with E-state index in [1.54, 1.807) is 24.3 Å². The van der Waals surface area contributed by atoms with Crippen LogP contribution >= 0.6 is 0 Å². The lowest BCUT2D eigenvalue weighted by molar-refractivity contribution is 0.00578. The Hall–Kier alpha value is -4.23. The van der Waals surface area contributed by atoms with Gasteiger partial charge in [0.15, 0.2) is 0 Å². The maximum Gasteiger partial charge on any atom is 0.488 e. The predicted molar refractivity (Wildman–Crippen MR) is 234 cm³/mol. The van der Waals surface area contributed by atoms with Crippen molar-refractivity contribution in [3.63, 3.8) is 0 Å². The van der Waals surface area contributed by atoms with Crippen LogP contribution in [0.4, 0.5) is 0 Å². The third-order valence-electron chi connectivity index (χ3n) is 12.1. The van der Waals surface area contributed by atoms with E-state index in [-0.39, 0.29) is 51.6 Å². The average molecular weight is 788 g/mol. The largest absolute Gasteiger partial charge is 0.488 e. The van der Waals surface area contributed by atoms with Crippen LogP contribution in [0.25, 0.3) is 43.9 Å². The van der Waals surface area contributed by atoms with Gasteiger partial charge in [-0.3, -0.25) is 9.59 Å². The summed E-state index contributed by atoms with van der Waals surface area (Å²) in [6.07, 6.45) is 0. The van der Waals surface area contributed by atoms with Crippen LogP contribution in [0.2, 0.25) is 6.82 Å². The Labute approximate surface area is 341 Å². The molecule has 5 heterocycles. The molecule has 10 nitrogen and oxygen atoms in total. The van der Waals surface area contributed by atoms with Gasteiger partial charge in [0, 0.05) is 0 Å². The molecule has 3 fully saturated rings. The molecule has 58 heavy (non-hydrogen) atoms. The molecule has 0 spiro atoms. The molecule has 6 aromatic rings. The van der Waals surface area contributed by atoms with Gasteiger partial charge in [-0.25, -0.2) is 0 Å². The third kappa shape index (κ3) is 8.57. The van der Waals surface area contributed by atoms with Crippen molar-refractivity contribution in [1.29, 1.82) is 0 Å². The van der Waals surface area contributed by atoms with Crippen LogP contribution in [0.5, 0.6) is 0 Å². The molecular formula is C45H55B3O10. The van der Waals surface area contributed by atoms with Crippen molar-refractivity contribution in [2.75, 3.05) is 0 Å². The number of para-hydroxylation sites is 4. The zero-order valence-corrected chi connectivity index (χ0v) is 36.1. The van der Waals surface area contributed by atoms with Crippen LogP contribution in [-0.4, -0.2) is 54.7 Å². The van der Waals surface area contributed by atoms with Crippen LogP contribution in [0.3, 0.4) is 0 Å². The summed E-state index contributed by atoms with van der Waals surface area (Å²) in [4.78, 5) is 24.1. The second-order valence-electron chi connectivity index (χ2n) is 17.9. The summed E-state index contributed by atoms with van der Waals surface area (Å²) in [7, 11) is -1.02. The Bertz CT molecular complexity index is 2220. The van der Waals surface area contributed by atoms with Crippen molar-refractivity contribution in [1.82, 2.24) is 0 Å². The van der Waals surface area contributed by atoms with E-state index in [1.165, 1.54) is 0 Å². The second kappa shape index (κ2) is 15.7. The van der Waals surface area contributed by atoms with E-state index < -0.39 is 14.0 Å². The van der Waals surface area contributed by atoms with Crippen molar-refractivity contribution in [2.45, 2.75) is 124 Å². The Morgan fingerprint density at radius 2 is 0.552 bits per heavy atom. The zero-order valence-electron chi connectivity index (χ0n) is 36.1. The van der Waals surface area contributed by atoms with Gasteiger partial charge in [-0.1, -0.05) is 48.5 Å². The van der Waals surface area contributed by atoms with Crippen LogP contribution in [0.15, 0.2) is 115 Å². The quantitative estimate of drug-likeness (QED) is 0.118. The summed E-state index contributed by atoms with van der Waals surface area (Å²) in [5.41, 5.74) is 0.869. The molecule has 0 radical (unpaired) electrons. The third-order valence-corrected chi connectivity index (χ3v) is 12.1. The number of hydrogen-bond acceptors (Lipinski definition) is 10. The summed E-state index contributed by atoms with van der Waals surface area (Å²) in [6, 6.07) is 29.2. The van der Waals surface area contributed by atoms with Gasteiger partial charge in [0.25, 0.3) is 0 Å². The van der Waals surface area contributed by atoms with Crippen molar-refractivity contribution >= 4 is 65.0 Å². The van der Waals surface area contributed by atoms with Crippen LogP contribution in [-0.2, 0) is 27.9 Å². The predicted octanol–water partition coefficient (Wildman–Crippen LogP) is 9.85. The molecule has 0 bridgehead atoms. The molecule has 0 aliphatic carbocycles. The Morgan fingerprint density at radius 3 is 0.759 bits per heavy atom. The van der Waals surface area contributed by atoms with E-state index in [0.29, 0.717) is 43.9 Å². The molecule has 0 atom stereocenters. The molecule has 0 N–H and O–H groups in total. The van der Waals surface area contributed by atoms with Crippen LogP contribution < -0.4 is 10.9 Å². The first-order valence-electron chi connectivity index (χ1n) is 19.8. The Kier molecular flexibility index (Phi) is 11.8. The van der Waals surface area contributed by atoms with Gasteiger partial charge in [0.05, 0.1) is 55.2 Å². The van der Waals surface area contributed by atoms with Gasteiger partial charge in [-0.05, 0) is 138 Å². The van der Waals surface area contributed by atoms with Gasteiger partial charge >= 0.3 is 21.1 Å². The average Bonchev–Trinajstić information content (AvgIpc) is 3.60. The highest BCUT2D eigenvalue weighted by Gasteiger charge is 2.63. The molecule has 0 amide bonds. The minimum atomic E-state index is -0.476. The highest BCUT2D eigenvalue weighted by atomic mass is 16.7. The molecule has 3 aliphatic rings. The lowest BCUT2D eigenvalue weighted by atomic mass is 9.49. The topological polar surface area (TPSA) is 116 Å². The molecule has 3 saturated heterocycles. The molecule has 0 unspecified atom stereocenters. The fraction of sp³-hybridized carbons (Fsp3) is 0.422. The molecule has 3 aliphatic heterocycles. The lowest BCUT2D eigenvalue weighted by Crippen LogP contribution is -2.41. The lowest BCUT2D eigenvalue weighted by Gasteiger charge is -2.32. The fourth-order valence-electron chi connectivity index (χ4n) is 6.64. The number of rotatable bonds is 1. The SMILES string of the molecule is CB1OC(C)(C)C(C)(C)O1.CC1(C)OB(B2OC(C)(C)C(C)(C)O2)OC1(C)C.O=c1c2ccccc2oc2ccccc12.O=c1c2ccccc2oc2ccccc12. The molecule has 0 saturated carbocycles. The molecular weight excluding hydrogens is 733 g/mol. The molecule has 2 aromatic heterocycles. The number of hydrogen-bond donors (Lipinski definition) is 0. The molecule has 304 valence electrons. The first kappa shape index (κ1) is 43.4. The van der Waals surface area contributed by atoms with Crippen molar-refractivity contribution in [3.05, 3.63) is 118 Å². The number of benzene rings is 4. The van der Waals surface area contributed by atoms with Crippen molar-refractivity contribution in [3.8, 4) is 0 Å². The van der Waals surface area contributed by atoms with E-state index in [4.69, 9.17) is 36.8 Å². The van der Waals surface area contributed by atoms with Crippen molar-refractivity contribution < 1.29 is 36.8 Å². The summed E-state index contributed by atoms with van der Waals surface area (Å²) in [5, 5.41) is 2.54. The number of fused-ring (bicyclic) bond motifs is 4. The molecule has 4 aromatic carbocycles. The molecule has 13 heteroatoms. The highest BCUT2D eigenvalue weighted by molar-refractivity contribution is 7.11. The standard InChI is InChI=1S/2C13H8O2.C12H24B2O4.C7H15BO2/c2*14-13-9-5-1-3-7-11(9)15-12-8-4-2-6-10(12)13;1-9(2)10(3,4)16-13(15-9)14-17-11(5,6)12(7,8)18-14;1-6(2)7(3,4)10-8(5)9-6/h2*1-8H;1-8H3;1-5H3. The van der Waals surface area contributed by atoms with E-state index in [0.717, 1.165) is 0 Å². The maximum absolute atomic E-state index is 12.0. The first-order valence-corrected chi connectivity index (χ1v) is 19.8. The Morgan fingerprint density at radius 1 is 0.345 bits per heavy atom. The molecule has 9 rings (SSSR count). The van der Waals surface area contributed by atoms with E-state index >= 15 is 0 Å². The Balaban J connectivity index is 0.000000133.